The van der Waals surface area contributed by atoms with Gasteiger partial charge in [-0.2, -0.15) is 0 Å². The Balaban J connectivity index is 1.94. The summed E-state index contributed by atoms with van der Waals surface area (Å²) in [5.41, 5.74) is 6.49. The van der Waals surface area contributed by atoms with E-state index in [0.717, 1.165) is 24.7 Å². The second-order valence-corrected chi connectivity index (χ2v) is 6.22. The zero-order valence-electron chi connectivity index (χ0n) is 12.2. The molecule has 2 heterocycles. The molecule has 1 fully saturated rings. The van der Waals surface area contributed by atoms with Crippen LogP contribution in [0.1, 0.15) is 39.4 Å². The van der Waals surface area contributed by atoms with Crippen LogP contribution in [0.2, 0.25) is 0 Å². The Morgan fingerprint density at radius 1 is 1.32 bits per heavy atom. The Morgan fingerprint density at radius 2 is 2.00 bits per heavy atom. The molecule has 3 N–H and O–H groups in total. The Hall–Kier alpha value is -1.36. The number of nitrogens with two attached hydrogens (primary N) is 1. The van der Waals surface area contributed by atoms with E-state index in [1.807, 2.05) is 0 Å². The molecule has 5 heteroatoms. The van der Waals surface area contributed by atoms with E-state index in [4.69, 9.17) is 5.73 Å². The molecule has 0 bridgehead atoms. The van der Waals surface area contributed by atoms with Gasteiger partial charge in [0.1, 0.15) is 5.82 Å². The van der Waals surface area contributed by atoms with Gasteiger partial charge >= 0.3 is 0 Å². The molecule has 0 spiro atoms. The summed E-state index contributed by atoms with van der Waals surface area (Å²) in [4.78, 5) is 11.3. The average Bonchev–Trinajstić information content (AvgIpc) is 2.83. The van der Waals surface area contributed by atoms with Crippen molar-refractivity contribution in [2.24, 2.45) is 0 Å². The van der Waals surface area contributed by atoms with Crippen molar-refractivity contribution in [2.75, 3.05) is 37.2 Å². The van der Waals surface area contributed by atoms with Crippen molar-refractivity contribution in [1.29, 1.82) is 0 Å². The number of nitrogens with one attached hydrogen (secondary N) is 1. The molecule has 2 rings (SSSR count). The fraction of sp³-hybridized carbons (Fsp3) is 0.714. The number of aromatic nitrogens is 2. The molecule has 19 heavy (non-hydrogen) atoms. The van der Waals surface area contributed by atoms with Crippen molar-refractivity contribution in [2.45, 2.75) is 39.0 Å². The average molecular weight is 263 g/mol. The van der Waals surface area contributed by atoms with Crippen LogP contribution in [0.5, 0.6) is 0 Å². The second kappa shape index (κ2) is 5.74. The summed E-state index contributed by atoms with van der Waals surface area (Å²) in [6.45, 7) is 10.7. The molecule has 0 atom stereocenters. The van der Waals surface area contributed by atoms with Gasteiger partial charge in [0.2, 0.25) is 0 Å². The van der Waals surface area contributed by atoms with E-state index in [9.17, 15) is 0 Å². The van der Waals surface area contributed by atoms with Gasteiger partial charge in [-0.15, -0.1) is 0 Å². The van der Waals surface area contributed by atoms with Crippen molar-refractivity contribution in [3.8, 4) is 0 Å². The summed E-state index contributed by atoms with van der Waals surface area (Å²) >= 11 is 0. The van der Waals surface area contributed by atoms with Crippen LogP contribution in [0.25, 0.3) is 0 Å². The summed E-state index contributed by atoms with van der Waals surface area (Å²) in [7, 11) is 0. The molecule has 0 radical (unpaired) electrons. The minimum Gasteiger partial charge on any atom is -0.394 e. The molecule has 1 aromatic heterocycles. The van der Waals surface area contributed by atoms with E-state index >= 15 is 0 Å². The predicted octanol–water partition coefficient (Wildman–Crippen LogP) is 1.86. The van der Waals surface area contributed by atoms with Crippen LogP contribution in [-0.4, -0.2) is 41.0 Å². The number of nitrogens with zero attached hydrogens (tertiary/aromatic N) is 3. The van der Waals surface area contributed by atoms with Crippen molar-refractivity contribution < 1.29 is 0 Å². The van der Waals surface area contributed by atoms with Crippen molar-refractivity contribution in [3.63, 3.8) is 0 Å². The van der Waals surface area contributed by atoms with Crippen molar-refractivity contribution in [3.05, 3.63) is 12.0 Å². The Bertz CT molecular complexity index is 418. The fourth-order valence-electron chi connectivity index (χ4n) is 2.23. The third-order valence-corrected chi connectivity index (χ3v) is 3.41. The fourth-order valence-corrected chi connectivity index (χ4v) is 2.23. The van der Waals surface area contributed by atoms with E-state index in [-0.39, 0.29) is 5.41 Å². The van der Waals surface area contributed by atoms with E-state index in [2.05, 4.69) is 41.0 Å². The molecule has 1 aromatic rings. The monoisotopic (exact) mass is 263 g/mol. The molecule has 1 saturated heterocycles. The van der Waals surface area contributed by atoms with Gasteiger partial charge < -0.3 is 16.0 Å². The van der Waals surface area contributed by atoms with Crippen LogP contribution in [-0.2, 0) is 5.41 Å². The van der Waals surface area contributed by atoms with E-state index in [1.54, 1.807) is 6.20 Å². The normalized spacial score (nSPS) is 16.8. The molecule has 0 saturated carbocycles. The minimum absolute atomic E-state index is 0.0565. The maximum absolute atomic E-state index is 5.93. The number of hydrogen-bond acceptors (Lipinski definition) is 5. The van der Waals surface area contributed by atoms with Gasteiger partial charge in [0, 0.05) is 18.5 Å². The lowest BCUT2D eigenvalue weighted by Gasteiger charge is -2.19. The number of anilines is 2. The third-order valence-electron chi connectivity index (χ3n) is 3.41. The van der Waals surface area contributed by atoms with E-state index in [1.165, 1.54) is 25.9 Å². The molecular formula is C14H25N5. The first kappa shape index (κ1) is 14.1. The lowest BCUT2D eigenvalue weighted by atomic mass is 9.96. The van der Waals surface area contributed by atoms with Gasteiger partial charge in [-0.05, 0) is 25.9 Å². The van der Waals surface area contributed by atoms with Gasteiger partial charge in [-0.3, -0.25) is 0 Å². The van der Waals surface area contributed by atoms with Gasteiger partial charge in [-0.1, -0.05) is 20.8 Å². The highest BCUT2D eigenvalue weighted by atomic mass is 15.2. The minimum atomic E-state index is -0.0565. The molecule has 1 aliphatic rings. The maximum atomic E-state index is 5.93. The quantitative estimate of drug-likeness (QED) is 0.868. The van der Waals surface area contributed by atoms with Crippen molar-refractivity contribution >= 4 is 11.5 Å². The smallest absolute Gasteiger partial charge is 0.153 e. The Morgan fingerprint density at radius 3 is 2.63 bits per heavy atom. The highest BCUT2D eigenvalue weighted by Crippen LogP contribution is 2.22. The first-order valence-corrected chi connectivity index (χ1v) is 7.06. The molecule has 0 amide bonds. The molecule has 0 aliphatic carbocycles. The first-order valence-electron chi connectivity index (χ1n) is 7.06. The zero-order valence-corrected chi connectivity index (χ0v) is 12.2. The van der Waals surface area contributed by atoms with Gasteiger partial charge in [0.15, 0.2) is 5.82 Å². The first-order chi connectivity index (χ1) is 8.97. The van der Waals surface area contributed by atoms with Crippen LogP contribution >= 0.6 is 0 Å². The molecule has 1 aliphatic heterocycles. The van der Waals surface area contributed by atoms with Crippen LogP contribution < -0.4 is 11.1 Å². The number of rotatable bonds is 4. The van der Waals surface area contributed by atoms with E-state index in [0.29, 0.717) is 5.69 Å². The topological polar surface area (TPSA) is 67.1 Å². The number of nitrogen functional groups attached to an aromatic ring is 1. The van der Waals surface area contributed by atoms with Crippen LogP contribution in [0.3, 0.4) is 0 Å². The molecule has 5 nitrogen and oxygen atoms in total. The zero-order chi connectivity index (χ0) is 13.9. The SMILES string of the molecule is CC(C)(C)c1ncc(N)c(NCCN2CCCC2)n1. The van der Waals surface area contributed by atoms with Gasteiger partial charge in [0.25, 0.3) is 0 Å². The standard InChI is InChI=1S/C14H25N5/c1-14(2,3)13-17-10-11(15)12(18-13)16-6-9-19-7-4-5-8-19/h10H,4-9,15H2,1-3H3,(H,16,17,18). The van der Waals surface area contributed by atoms with Crippen LogP contribution in [0.15, 0.2) is 6.20 Å². The highest BCUT2D eigenvalue weighted by Gasteiger charge is 2.18. The largest absolute Gasteiger partial charge is 0.394 e. The summed E-state index contributed by atoms with van der Waals surface area (Å²) in [5.74, 6) is 1.59. The van der Waals surface area contributed by atoms with Crippen LogP contribution in [0, 0.1) is 0 Å². The summed E-state index contributed by atoms with van der Waals surface area (Å²) in [6, 6.07) is 0. The van der Waals surface area contributed by atoms with E-state index < -0.39 is 0 Å². The maximum Gasteiger partial charge on any atom is 0.153 e. The lowest BCUT2D eigenvalue weighted by molar-refractivity contribution is 0.352. The number of hydrogen-bond donors (Lipinski definition) is 2. The van der Waals surface area contributed by atoms with Crippen LogP contribution in [0.4, 0.5) is 11.5 Å². The molecular weight excluding hydrogens is 238 g/mol. The number of likely N-dealkylation sites (tertiary alicyclic amines) is 1. The Labute approximate surface area is 115 Å². The highest BCUT2D eigenvalue weighted by molar-refractivity contribution is 5.59. The molecule has 106 valence electrons. The Kier molecular flexibility index (Phi) is 4.24. The summed E-state index contributed by atoms with van der Waals surface area (Å²) < 4.78 is 0. The van der Waals surface area contributed by atoms with Gasteiger partial charge in [-0.25, -0.2) is 9.97 Å². The molecule has 0 unspecified atom stereocenters. The summed E-state index contributed by atoms with van der Waals surface area (Å²) in [5, 5.41) is 3.33. The molecule has 0 aromatic carbocycles. The van der Waals surface area contributed by atoms with Crippen molar-refractivity contribution in [1.82, 2.24) is 14.9 Å². The second-order valence-electron chi connectivity index (χ2n) is 6.22. The lowest BCUT2D eigenvalue weighted by Crippen LogP contribution is -2.27. The predicted molar refractivity (Wildman–Crippen MR) is 79.3 cm³/mol. The van der Waals surface area contributed by atoms with Gasteiger partial charge in [0.05, 0.1) is 11.9 Å². The third kappa shape index (κ3) is 3.80. The summed E-state index contributed by atoms with van der Waals surface area (Å²) in [6.07, 6.45) is 4.35.